The third-order valence-electron chi connectivity index (χ3n) is 5.69. The molecule has 37 heavy (non-hydrogen) atoms. The van der Waals surface area contributed by atoms with Crippen LogP contribution in [0.15, 0.2) is 22.1 Å². The highest BCUT2D eigenvalue weighted by atomic mass is 19.1. The number of ether oxygens (including phenoxy) is 1. The van der Waals surface area contributed by atoms with Crippen LogP contribution in [0.1, 0.15) is 42.6 Å². The molecule has 1 aliphatic heterocycles. The van der Waals surface area contributed by atoms with Crippen molar-refractivity contribution < 1.29 is 33.0 Å². The average Bonchev–Trinajstić information content (AvgIpc) is 3.36. The lowest BCUT2D eigenvalue weighted by atomic mass is 10.1. The van der Waals surface area contributed by atoms with Crippen molar-refractivity contribution >= 4 is 34.8 Å². The van der Waals surface area contributed by atoms with E-state index in [1.165, 1.54) is 7.05 Å². The summed E-state index contributed by atoms with van der Waals surface area (Å²) in [4.78, 5) is 53.5. The Balaban J connectivity index is 1.92. The number of aryl methyl sites for hydroxylation is 1. The highest BCUT2D eigenvalue weighted by Crippen LogP contribution is 2.22. The molecular formula is C23H28F2N6O6. The number of hydrogen-bond acceptors (Lipinski definition) is 8. The lowest BCUT2D eigenvalue weighted by Crippen LogP contribution is -2.49. The number of carboxylic acids is 1. The number of fused-ring (bicyclic) bond motifs is 1. The molecule has 1 unspecified atom stereocenters. The molecule has 0 bridgehead atoms. The van der Waals surface area contributed by atoms with Gasteiger partial charge in [-0.1, -0.05) is 6.92 Å². The zero-order chi connectivity index (χ0) is 27.3. The smallest absolute Gasteiger partial charge is 0.428 e. The molecule has 0 saturated heterocycles. The van der Waals surface area contributed by atoms with Gasteiger partial charge in [0.15, 0.2) is 11.8 Å². The van der Waals surface area contributed by atoms with Gasteiger partial charge in [-0.05, 0) is 19.4 Å². The molecule has 4 N–H and O–H groups in total. The number of nitrogens with one attached hydrogen (secondary N) is 3. The Bertz CT molecular complexity index is 1310. The molecule has 1 atom stereocenters. The first kappa shape index (κ1) is 27.4. The standard InChI is InChI=1S/C23H28F2N6O6/c1-4-12(2)37-23(36)31(8-5-17(32)33)29-21(35)15-11-30(3)19-13(20(15)34)9-16(24)14(18(19)25)10-28-22-26-6-7-27-22/h9,11-12H,4-8,10H2,1-3H3,(H,29,35)(H,32,33)(H2,26,27,28). The summed E-state index contributed by atoms with van der Waals surface area (Å²) in [5.41, 5.74) is 0.143. The summed E-state index contributed by atoms with van der Waals surface area (Å²) in [5, 5.41) is 14.9. The Morgan fingerprint density at radius 1 is 1.35 bits per heavy atom. The lowest BCUT2D eigenvalue weighted by Gasteiger charge is -2.24. The maximum atomic E-state index is 15.3. The van der Waals surface area contributed by atoms with E-state index in [4.69, 9.17) is 9.84 Å². The molecule has 1 aromatic carbocycles. The molecule has 200 valence electrons. The number of aromatic nitrogens is 1. The van der Waals surface area contributed by atoms with Crippen LogP contribution < -0.4 is 21.5 Å². The van der Waals surface area contributed by atoms with Crippen LogP contribution in [0.25, 0.3) is 10.9 Å². The van der Waals surface area contributed by atoms with E-state index in [0.29, 0.717) is 30.5 Å². The number of carbonyl (C=O) groups is 3. The van der Waals surface area contributed by atoms with Crippen molar-refractivity contribution in [3.8, 4) is 0 Å². The maximum absolute atomic E-state index is 15.3. The van der Waals surface area contributed by atoms with E-state index in [0.717, 1.165) is 16.8 Å². The SMILES string of the molecule is CCC(C)OC(=O)N(CCC(=O)O)NC(=O)c1cn(C)c2c(F)c(CNC3=NCCN3)c(F)cc2c1=O. The fourth-order valence-electron chi connectivity index (χ4n) is 3.54. The van der Waals surface area contributed by atoms with Crippen LogP contribution in [0.5, 0.6) is 0 Å². The molecule has 0 radical (unpaired) electrons. The molecule has 1 aliphatic rings. The van der Waals surface area contributed by atoms with E-state index in [2.05, 4.69) is 21.1 Å². The normalized spacial score (nSPS) is 13.5. The molecule has 14 heteroatoms. The molecular weight excluding hydrogens is 494 g/mol. The first-order valence-electron chi connectivity index (χ1n) is 11.6. The lowest BCUT2D eigenvalue weighted by molar-refractivity contribution is -0.137. The number of halogens is 2. The van der Waals surface area contributed by atoms with Gasteiger partial charge < -0.3 is 25.0 Å². The minimum atomic E-state index is -1.23. The zero-order valence-electron chi connectivity index (χ0n) is 20.6. The number of rotatable bonds is 8. The van der Waals surface area contributed by atoms with Crippen molar-refractivity contribution in [3.05, 3.63) is 45.2 Å². The van der Waals surface area contributed by atoms with Crippen LogP contribution in [0, 0.1) is 11.6 Å². The average molecular weight is 523 g/mol. The van der Waals surface area contributed by atoms with Crippen molar-refractivity contribution in [3.63, 3.8) is 0 Å². The van der Waals surface area contributed by atoms with Crippen LogP contribution in [0.2, 0.25) is 0 Å². The molecule has 0 saturated carbocycles. The van der Waals surface area contributed by atoms with Crippen LogP contribution in [0.3, 0.4) is 0 Å². The number of hydrazine groups is 1. The predicted molar refractivity (Wildman–Crippen MR) is 129 cm³/mol. The van der Waals surface area contributed by atoms with Gasteiger partial charge in [0, 0.05) is 31.9 Å². The molecule has 2 heterocycles. The van der Waals surface area contributed by atoms with Gasteiger partial charge in [0.05, 0.1) is 30.4 Å². The third-order valence-corrected chi connectivity index (χ3v) is 5.69. The van der Waals surface area contributed by atoms with Gasteiger partial charge >= 0.3 is 12.1 Å². The summed E-state index contributed by atoms with van der Waals surface area (Å²) in [6.07, 6.45) is -0.526. The summed E-state index contributed by atoms with van der Waals surface area (Å²) in [6, 6.07) is 0.845. The van der Waals surface area contributed by atoms with E-state index in [1.807, 2.05) is 0 Å². The topological polar surface area (TPSA) is 154 Å². The summed E-state index contributed by atoms with van der Waals surface area (Å²) in [5.74, 6) is -3.88. The van der Waals surface area contributed by atoms with Gasteiger partial charge in [-0.3, -0.25) is 24.8 Å². The highest BCUT2D eigenvalue weighted by Gasteiger charge is 2.25. The number of carbonyl (C=O) groups excluding carboxylic acids is 2. The fourth-order valence-corrected chi connectivity index (χ4v) is 3.54. The summed E-state index contributed by atoms with van der Waals surface area (Å²) in [7, 11) is 1.37. The fraction of sp³-hybridized carbons (Fsp3) is 0.435. The highest BCUT2D eigenvalue weighted by molar-refractivity contribution is 5.98. The second kappa shape index (κ2) is 11.7. The number of carboxylic acid groups (broad SMARTS) is 1. The van der Waals surface area contributed by atoms with Gasteiger partial charge in [0.25, 0.3) is 5.91 Å². The number of guanidine groups is 1. The molecule has 2 aromatic rings. The summed E-state index contributed by atoms with van der Waals surface area (Å²) < 4.78 is 36.4. The number of pyridine rings is 1. The van der Waals surface area contributed by atoms with E-state index in [9.17, 15) is 23.6 Å². The molecule has 3 rings (SSSR count). The van der Waals surface area contributed by atoms with E-state index in [-0.39, 0.29) is 23.0 Å². The Morgan fingerprint density at radius 2 is 2.08 bits per heavy atom. The van der Waals surface area contributed by atoms with Gasteiger partial charge in [0.1, 0.15) is 17.5 Å². The van der Waals surface area contributed by atoms with Gasteiger partial charge in [-0.15, -0.1) is 0 Å². The molecule has 0 aliphatic carbocycles. The minimum absolute atomic E-state index is 0.222. The number of aliphatic imine (C=N–C) groups is 1. The molecule has 1 aromatic heterocycles. The summed E-state index contributed by atoms with van der Waals surface area (Å²) in [6.45, 7) is 3.84. The van der Waals surface area contributed by atoms with Gasteiger partial charge in [-0.25, -0.2) is 18.6 Å². The molecule has 2 amide bonds. The molecule has 0 spiro atoms. The first-order valence-corrected chi connectivity index (χ1v) is 11.6. The van der Waals surface area contributed by atoms with E-state index >= 15 is 4.39 Å². The Kier molecular flexibility index (Phi) is 8.63. The third kappa shape index (κ3) is 6.32. The number of nitrogens with zero attached hydrogens (tertiary/aromatic N) is 3. The van der Waals surface area contributed by atoms with E-state index < -0.39 is 59.7 Å². The summed E-state index contributed by atoms with van der Waals surface area (Å²) >= 11 is 0. The predicted octanol–water partition coefficient (Wildman–Crippen LogP) is 1.22. The first-order chi connectivity index (χ1) is 17.5. The van der Waals surface area contributed by atoms with Crippen molar-refractivity contribution in [1.82, 2.24) is 25.6 Å². The minimum Gasteiger partial charge on any atom is -0.481 e. The van der Waals surface area contributed by atoms with Crippen LogP contribution in [-0.4, -0.2) is 64.4 Å². The van der Waals surface area contributed by atoms with Crippen molar-refractivity contribution in [2.75, 3.05) is 19.6 Å². The van der Waals surface area contributed by atoms with Gasteiger partial charge in [0.2, 0.25) is 5.43 Å². The Labute approximate surface area is 210 Å². The second-order valence-electron chi connectivity index (χ2n) is 8.38. The largest absolute Gasteiger partial charge is 0.481 e. The van der Waals surface area contributed by atoms with Crippen molar-refractivity contribution in [1.29, 1.82) is 0 Å². The van der Waals surface area contributed by atoms with Crippen molar-refractivity contribution in [2.24, 2.45) is 12.0 Å². The monoisotopic (exact) mass is 522 g/mol. The number of aliphatic carboxylic acids is 1. The van der Waals surface area contributed by atoms with Crippen molar-refractivity contribution in [2.45, 2.75) is 39.3 Å². The zero-order valence-corrected chi connectivity index (χ0v) is 20.6. The molecule has 0 fully saturated rings. The number of amides is 2. The second-order valence-corrected chi connectivity index (χ2v) is 8.38. The van der Waals surface area contributed by atoms with Crippen LogP contribution in [-0.2, 0) is 23.1 Å². The van der Waals surface area contributed by atoms with Gasteiger partial charge in [-0.2, -0.15) is 0 Å². The van der Waals surface area contributed by atoms with Crippen LogP contribution in [0.4, 0.5) is 13.6 Å². The quantitative estimate of drug-likeness (QED) is 0.378. The molecule has 12 nitrogen and oxygen atoms in total. The number of benzene rings is 1. The van der Waals surface area contributed by atoms with E-state index in [1.54, 1.807) is 13.8 Å². The number of hydrogen-bond donors (Lipinski definition) is 4. The Morgan fingerprint density at radius 3 is 2.70 bits per heavy atom. The maximum Gasteiger partial charge on any atom is 0.428 e. The van der Waals surface area contributed by atoms with Crippen LogP contribution >= 0.6 is 0 Å². The Hall–Kier alpha value is -4.23.